The third-order valence-electron chi connectivity index (χ3n) is 3.93. The molecule has 3 rings (SSSR count). The Morgan fingerprint density at radius 1 is 1.21 bits per heavy atom. The van der Waals surface area contributed by atoms with E-state index in [2.05, 4.69) is 11.6 Å². The van der Waals surface area contributed by atoms with E-state index in [1.54, 1.807) is 31.2 Å². The lowest BCUT2D eigenvalue weighted by Crippen LogP contribution is -2.15. The Morgan fingerprint density at radius 2 is 2.00 bits per heavy atom. The summed E-state index contributed by atoms with van der Waals surface area (Å²) in [4.78, 5) is 29.1. The van der Waals surface area contributed by atoms with Gasteiger partial charge in [0, 0.05) is 12.6 Å². The van der Waals surface area contributed by atoms with Crippen molar-refractivity contribution in [3.63, 3.8) is 0 Å². The number of amides is 1. The first kappa shape index (κ1) is 19.5. The van der Waals surface area contributed by atoms with Gasteiger partial charge in [0.2, 0.25) is 0 Å². The Morgan fingerprint density at radius 3 is 2.71 bits per heavy atom. The summed E-state index contributed by atoms with van der Waals surface area (Å²) >= 11 is 1.35. The molecule has 28 heavy (non-hydrogen) atoms. The van der Waals surface area contributed by atoms with Crippen molar-refractivity contribution in [3.8, 4) is 0 Å². The van der Waals surface area contributed by atoms with Crippen molar-refractivity contribution in [3.05, 3.63) is 83.2 Å². The summed E-state index contributed by atoms with van der Waals surface area (Å²) in [6, 6.07) is 14.9. The van der Waals surface area contributed by atoms with Crippen LogP contribution >= 0.6 is 11.3 Å². The number of carbonyl (C=O) groups is 2. The molecule has 0 aliphatic rings. The van der Waals surface area contributed by atoms with E-state index in [9.17, 15) is 9.59 Å². The first-order valence-corrected chi connectivity index (χ1v) is 9.67. The molecular weight excluding hydrogens is 372 g/mol. The van der Waals surface area contributed by atoms with Gasteiger partial charge in [-0.1, -0.05) is 47.7 Å². The lowest BCUT2D eigenvalue weighted by Gasteiger charge is -2.03. The molecule has 0 unspecified atom stereocenters. The normalized spacial score (nSPS) is 11.8. The molecule has 0 aliphatic heterocycles. The number of nitrogens with zero attached hydrogens (tertiary/aromatic N) is 2. The van der Waals surface area contributed by atoms with Crippen LogP contribution in [-0.4, -0.2) is 23.1 Å². The smallest absolute Gasteiger partial charge is 0.338 e. The van der Waals surface area contributed by atoms with Crippen molar-refractivity contribution in [2.45, 2.75) is 13.5 Å². The standard InChI is InChI=1S/C22H20N2O3S/c1-3-14-24-18-12-11-17(21(26)27-4-2)15-19(18)28-22(24)23-20(25)13-10-16-8-6-5-7-9-16/h3,5-13,15H,1,4,14H2,2H3. The molecule has 0 atom stereocenters. The minimum atomic E-state index is -0.367. The summed E-state index contributed by atoms with van der Waals surface area (Å²) in [6.07, 6.45) is 4.92. The Balaban J connectivity index is 1.98. The van der Waals surface area contributed by atoms with Crippen LogP contribution in [-0.2, 0) is 16.1 Å². The maximum absolute atomic E-state index is 12.3. The van der Waals surface area contributed by atoms with E-state index in [4.69, 9.17) is 4.74 Å². The molecule has 0 N–H and O–H groups in total. The zero-order valence-electron chi connectivity index (χ0n) is 15.5. The summed E-state index contributed by atoms with van der Waals surface area (Å²) in [5, 5.41) is 0. The predicted molar refractivity (Wildman–Crippen MR) is 112 cm³/mol. The van der Waals surface area contributed by atoms with Crippen LogP contribution in [0.4, 0.5) is 0 Å². The van der Waals surface area contributed by atoms with Gasteiger partial charge >= 0.3 is 5.97 Å². The van der Waals surface area contributed by atoms with Gasteiger partial charge in [-0.05, 0) is 36.8 Å². The van der Waals surface area contributed by atoms with E-state index in [0.29, 0.717) is 23.5 Å². The van der Waals surface area contributed by atoms with Crippen LogP contribution < -0.4 is 4.80 Å². The molecule has 0 fully saturated rings. The van der Waals surface area contributed by atoms with Gasteiger partial charge in [0.15, 0.2) is 4.80 Å². The summed E-state index contributed by atoms with van der Waals surface area (Å²) in [5.41, 5.74) is 2.29. The second kappa shape index (κ2) is 9.10. The average molecular weight is 392 g/mol. The second-order valence-corrected chi connectivity index (χ2v) is 6.89. The maximum Gasteiger partial charge on any atom is 0.338 e. The van der Waals surface area contributed by atoms with Gasteiger partial charge in [0.05, 0.1) is 22.4 Å². The average Bonchev–Trinajstić information content (AvgIpc) is 3.04. The summed E-state index contributed by atoms with van der Waals surface area (Å²) in [6.45, 7) is 6.37. The van der Waals surface area contributed by atoms with Crippen molar-refractivity contribution in [1.82, 2.24) is 4.57 Å². The minimum Gasteiger partial charge on any atom is -0.462 e. The van der Waals surface area contributed by atoms with Crippen LogP contribution in [0.2, 0.25) is 0 Å². The number of carbonyl (C=O) groups excluding carboxylic acids is 2. The molecule has 2 aromatic carbocycles. The monoisotopic (exact) mass is 392 g/mol. The number of thiazole rings is 1. The van der Waals surface area contributed by atoms with Crippen LogP contribution in [0.3, 0.4) is 0 Å². The van der Waals surface area contributed by atoms with Crippen molar-refractivity contribution in [1.29, 1.82) is 0 Å². The van der Waals surface area contributed by atoms with Crippen LogP contribution in [0, 0.1) is 0 Å². The number of ether oxygens (including phenoxy) is 1. The molecule has 1 amide bonds. The molecule has 0 aliphatic carbocycles. The van der Waals surface area contributed by atoms with E-state index < -0.39 is 0 Å². The fourth-order valence-corrected chi connectivity index (χ4v) is 3.75. The van der Waals surface area contributed by atoms with E-state index in [1.807, 2.05) is 41.0 Å². The van der Waals surface area contributed by atoms with Gasteiger partial charge in [-0.2, -0.15) is 4.99 Å². The van der Waals surface area contributed by atoms with Gasteiger partial charge in [-0.3, -0.25) is 4.79 Å². The van der Waals surface area contributed by atoms with Crippen LogP contribution in [0.25, 0.3) is 16.3 Å². The maximum atomic E-state index is 12.3. The van der Waals surface area contributed by atoms with Gasteiger partial charge in [0.25, 0.3) is 5.91 Å². The Kier molecular flexibility index (Phi) is 6.34. The fraction of sp³-hybridized carbons (Fsp3) is 0.136. The molecular formula is C22H20N2O3S. The fourth-order valence-electron chi connectivity index (χ4n) is 2.67. The SMILES string of the molecule is C=CCn1c(=NC(=O)C=Cc2ccccc2)sc2cc(C(=O)OCC)ccc21. The molecule has 0 radical (unpaired) electrons. The number of benzene rings is 2. The number of esters is 1. The number of aromatic nitrogens is 1. The number of rotatable bonds is 6. The number of allylic oxidation sites excluding steroid dienone is 1. The summed E-state index contributed by atoms with van der Waals surface area (Å²) in [7, 11) is 0. The highest BCUT2D eigenvalue weighted by Gasteiger charge is 2.11. The molecule has 142 valence electrons. The van der Waals surface area contributed by atoms with Crippen LogP contribution in [0.5, 0.6) is 0 Å². The largest absolute Gasteiger partial charge is 0.462 e. The van der Waals surface area contributed by atoms with Crippen molar-refractivity contribution in [2.24, 2.45) is 4.99 Å². The van der Waals surface area contributed by atoms with Crippen molar-refractivity contribution >= 4 is 39.5 Å². The van der Waals surface area contributed by atoms with Crippen LogP contribution in [0.1, 0.15) is 22.8 Å². The third kappa shape index (κ3) is 4.53. The second-order valence-electron chi connectivity index (χ2n) is 5.88. The molecule has 0 saturated carbocycles. The topological polar surface area (TPSA) is 60.7 Å². The van der Waals surface area contributed by atoms with Crippen LogP contribution in [0.15, 0.2) is 72.3 Å². The van der Waals surface area contributed by atoms with Gasteiger partial charge in [-0.25, -0.2) is 4.79 Å². The number of hydrogen-bond donors (Lipinski definition) is 0. The third-order valence-corrected chi connectivity index (χ3v) is 4.97. The highest BCUT2D eigenvalue weighted by atomic mass is 32.1. The van der Waals surface area contributed by atoms with E-state index >= 15 is 0 Å². The van der Waals surface area contributed by atoms with Crippen molar-refractivity contribution in [2.75, 3.05) is 6.61 Å². The lowest BCUT2D eigenvalue weighted by molar-refractivity contribution is -0.113. The summed E-state index contributed by atoms with van der Waals surface area (Å²) < 4.78 is 7.81. The van der Waals surface area contributed by atoms with Gasteiger partial charge < -0.3 is 9.30 Å². The zero-order chi connectivity index (χ0) is 19.9. The molecule has 5 nitrogen and oxygen atoms in total. The van der Waals surface area contributed by atoms with Gasteiger partial charge in [-0.15, -0.1) is 6.58 Å². The van der Waals surface area contributed by atoms with Crippen molar-refractivity contribution < 1.29 is 14.3 Å². The molecule has 0 spiro atoms. The number of fused-ring (bicyclic) bond motifs is 1. The lowest BCUT2D eigenvalue weighted by atomic mass is 10.2. The molecule has 0 saturated heterocycles. The van der Waals surface area contributed by atoms with E-state index in [0.717, 1.165) is 15.8 Å². The highest BCUT2D eigenvalue weighted by molar-refractivity contribution is 7.16. The van der Waals surface area contributed by atoms with E-state index in [1.165, 1.54) is 17.4 Å². The number of hydrogen-bond acceptors (Lipinski definition) is 4. The Hall–Kier alpha value is -3.25. The summed E-state index contributed by atoms with van der Waals surface area (Å²) in [5.74, 6) is -0.715. The zero-order valence-corrected chi connectivity index (χ0v) is 16.3. The minimum absolute atomic E-state index is 0.320. The van der Waals surface area contributed by atoms with E-state index in [-0.39, 0.29) is 11.9 Å². The Labute approximate surface area is 166 Å². The molecule has 6 heteroatoms. The Bertz CT molecular complexity index is 1110. The first-order valence-electron chi connectivity index (χ1n) is 8.85. The molecule has 1 aromatic heterocycles. The van der Waals surface area contributed by atoms with Gasteiger partial charge in [0.1, 0.15) is 0 Å². The molecule has 1 heterocycles. The highest BCUT2D eigenvalue weighted by Crippen LogP contribution is 2.20. The quantitative estimate of drug-likeness (QED) is 0.359. The molecule has 0 bridgehead atoms. The predicted octanol–water partition coefficient (Wildman–Crippen LogP) is 4.21. The first-order chi connectivity index (χ1) is 13.6. The molecule has 3 aromatic rings.